The molecule has 0 aliphatic carbocycles. The van der Waals surface area contributed by atoms with E-state index in [0.29, 0.717) is 11.8 Å². The molecule has 0 aliphatic heterocycles. The van der Waals surface area contributed by atoms with E-state index in [2.05, 4.69) is 26.5 Å². The van der Waals surface area contributed by atoms with Crippen molar-refractivity contribution in [1.82, 2.24) is 4.57 Å². The van der Waals surface area contributed by atoms with Gasteiger partial charge >= 0.3 is 0 Å². The summed E-state index contributed by atoms with van der Waals surface area (Å²) in [5.74, 6) is 0.316. The van der Waals surface area contributed by atoms with E-state index in [1.807, 2.05) is 22.9 Å². The number of phenols is 1. The van der Waals surface area contributed by atoms with Crippen molar-refractivity contribution in [3.8, 4) is 5.75 Å². The second-order valence-corrected chi connectivity index (χ2v) is 4.16. The van der Waals surface area contributed by atoms with E-state index in [9.17, 15) is 5.11 Å². The molecule has 0 saturated heterocycles. The molecule has 0 aliphatic rings. The number of phenolic OH excluding ortho intramolecular Hbond substituents is 1. The maximum absolute atomic E-state index is 9.76. The maximum Gasteiger partial charge on any atom is 0.139 e. The number of fused-ring (bicyclic) bond motifs is 1. The molecular weight excluding hydrogens is 194 g/mol. The number of thiol groups is 1. The molecule has 0 radical (unpaired) electrons. The Kier molecular flexibility index (Phi) is 2.19. The Morgan fingerprint density at radius 2 is 2.00 bits per heavy atom. The molecule has 2 nitrogen and oxygen atoms in total. The topological polar surface area (TPSA) is 25.2 Å². The third-order valence-electron chi connectivity index (χ3n) is 2.39. The zero-order chi connectivity index (χ0) is 10.3. The van der Waals surface area contributed by atoms with Crippen molar-refractivity contribution in [2.24, 2.45) is 0 Å². The molecule has 0 saturated carbocycles. The lowest BCUT2D eigenvalue weighted by Crippen LogP contribution is -1.98. The van der Waals surface area contributed by atoms with Crippen LogP contribution in [-0.2, 0) is 0 Å². The van der Waals surface area contributed by atoms with E-state index in [0.717, 1.165) is 15.8 Å². The molecule has 1 aromatic heterocycles. The highest BCUT2D eigenvalue weighted by atomic mass is 32.1. The molecule has 14 heavy (non-hydrogen) atoms. The third kappa shape index (κ3) is 1.28. The predicted octanol–water partition coefficient (Wildman–Crippen LogP) is 3.22. The van der Waals surface area contributed by atoms with Crippen LogP contribution >= 0.6 is 12.6 Å². The Morgan fingerprint density at radius 1 is 1.29 bits per heavy atom. The number of aromatic nitrogens is 1. The van der Waals surface area contributed by atoms with E-state index in [4.69, 9.17) is 0 Å². The van der Waals surface area contributed by atoms with Gasteiger partial charge in [-0.05, 0) is 32.0 Å². The van der Waals surface area contributed by atoms with Gasteiger partial charge in [0.15, 0.2) is 0 Å². The highest BCUT2D eigenvalue weighted by Gasteiger charge is 2.09. The number of benzene rings is 1. The first-order valence-corrected chi connectivity index (χ1v) is 5.07. The monoisotopic (exact) mass is 207 g/mol. The molecule has 0 unspecified atom stereocenters. The first kappa shape index (κ1) is 9.46. The smallest absolute Gasteiger partial charge is 0.139 e. The van der Waals surface area contributed by atoms with Gasteiger partial charge in [-0.25, -0.2) is 0 Å². The average Bonchev–Trinajstić information content (AvgIpc) is 2.56. The number of rotatable bonds is 1. The Bertz CT molecular complexity index is 473. The van der Waals surface area contributed by atoms with Gasteiger partial charge in [-0.3, -0.25) is 0 Å². The van der Waals surface area contributed by atoms with Crippen molar-refractivity contribution >= 4 is 23.5 Å². The van der Waals surface area contributed by atoms with Gasteiger partial charge in [0.25, 0.3) is 0 Å². The largest absolute Gasteiger partial charge is 0.506 e. The highest BCUT2D eigenvalue weighted by Crippen LogP contribution is 2.32. The molecule has 0 atom stereocenters. The molecule has 0 fully saturated rings. The summed E-state index contributed by atoms with van der Waals surface area (Å²) in [7, 11) is 0. The van der Waals surface area contributed by atoms with Crippen LogP contribution in [0, 0.1) is 0 Å². The molecule has 2 rings (SSSR count). The molecule has 0 bridgehead atoms. The Morgan fingerprint density at radius 3 is 2.64 bits per heavy atom. The maximum atomic E-state index is 9.76. The average molecular weight is 207 g/mol. The lowest BCUT2D eigenvalue weighted by atomic mass is 10.2. The van der Waals surface area contributed by atoms with Crippen LogP contribution in [0.5, 0.6) is 5.75 Å². The summed E-state index contributed by atoms with van der Waals surface area (Å²) in [6.07, 6.45) is 1.98. The Hall–Kier alpha value is -1.09. The first-order valence-electron chi connectivity index (χ1n) is 4.62. The Labute approximate surface area is 88.6 Å². The van der Waals surface area contributed by atoms with Crippen molar-refractivity contribution in [2.75, 3.05) is 0 Å². The molecule has 1 heterocycles. The molecule has 0 spiro atoms. The number of nitrogens with zero attached hydrogens (tertiary/aromatic N) is 1. The molecule has 0 amide bonds. The number of hydrogen-bond donors (Lipinski definition) is 2. The van der Waals surface area contributed by atoms with E-state index >= 15 is 0 Å². The van der Waals surface area contributed by atoms with Gasteiger partial charge in [-0.1, -0.05) is 0 Å². The lowest BCUT2D eigenvalue weighted by molar-refractivity contribution is 0.474. The molecule has 1 N–H and O–H groups in total. The molecule has 2 aromatic rings. The molecule has 3 heteroatoms. The molecular formula is C11H13NOS. The Balaban J connectivity index is 2.84. The normalized spacial score (nSPS) is 11.4. The SMILES string of the molecule is CC(C)n1ccc2c(S)ccc(O)c21. The summed E-state index contributed by atoms with van der Waals surface area (Å²) in [6, 6.07) is 5.82. The van der Waals surface area contributed by atoms with Gasteiger partial charge in [0, 0.05) is 22.5 Å². The molecule has 1 aromatic carbocycles. The van der Waals surface area contributed by atoms with Gasteiger partial charge in [0.2, 0.25) is 0 Å². The summed E-state index contributed by atoms with van der Waals surface area (Å²) in [5.41, 5.74) is 0.868. The minimum absolute atomic E-state index is 0.316. The van der Waals surface area contributed by atoms with Crippen LogP contribution in [0.15, 0.2) is 29.3 Å². The fourth-order valence-electron chi connectivity index (χ4n) is 1.68. The quantitative estimate of drug-likeness (QED) is 0.690. The fourth-order valence-corrected chi connectivity index (χ4v) is 1.94. The van der Waals surface area contributed by atoms with Gasteiger partial charge in [0.1, 0.15) is 5.75 Å². The van der Waals surface area contributed by atoms with Crippen molar-refractivity contribution in [2.45, 2.75) is 24.8 Å². The molecule has 74 valence electrons. The second-order valence-electron chi connectivity index (χ2n) is 3.68. The summed E-state index contributed by atoms with van der Waals surface area (Å²) in [5, 5.41) is 10.8. The van der Waals surface area contributed by atoms with E-state index in [1.165, 1.54) is 0 Å². The van der Waals surface area contributed by atoms with E-state index < -0.39 is 0 Å². The van der Waals surface area contributed by atoms with Crippen LogP contribution < -0.4 is 0 Å². The van der Waals surface area contributed by atoms with E-state index in [1.54, 1.807) is 6.07 Å². The zero-order valence-corrected chi connectivity index (χ0v) is 9.12. The van der Waals surface area contributed by atoms with E-state index in [-0.39, 0.29) is 0 Å². The van der Waals surface area contributed by atoms with Crippen LogP contribution in [0.3, 0.4) is 0 Å². The summed E-state index contributed by atoms with van der Waals surface area (Å²) < 4.78 is 2.05. The van der Waals surface area contributed by atoms with Crippen molar-refractivity contribution < 1.29 is 5.11 Å². The number of aromatic hydroxyl groups is 1. The van der Waals surface area contributed by atoms with Gasteiger partial charge in [-0.2, -0.15) is 0 Å². The summed E-state index contributed by atoms with van der Waals surface area (Å²) in [6.45, 7) is 4.17. The standard InChI is InChI=1S/C11H13NOS/c1-7(2)12-6-5-8-10(14)4-3-9(13)11(8)12/h3-7,13-14H,1-2H3. The van der Waals surface area contributed by atoms with Crippen molar-refractivity contribution in [1.29, 1.82) is 0 Å². The van der Waals surface area contributed by atoms with Gasteiger partial charge in [0.05, 0.1) is 5.52 Å². The lowest BCUT2D eigenvalue weighted by Gasteiger charge is -2.10. The van der Waals surface area contributed by atoms with Crippen LogP contribution in [0.4, 0.5) is 0 Å². The minimum atomic E-state index is 0.316. The van der Waals surface area contributed by atoms with Crippen molar-refractivity contribution in [3.05, 3.63) is 24.4 Å². The van der Waals surface area contributed by atoms with Gasteiger partial charge < -0.3 is 9.67 Å². The van der Waals surface area contributed by atoms with Crippen LogP contribution in [0.25, 0.3) is 10.9 Å². The second kappa shape index (κ2) is 3.24. The predicted molar refractivity (Wildman–Crippen MR) is 61.2 cm³/mol. The van der Waals surface area contributed by atoms with Crippen molar-refractivity contribution in [3.63, 3.8) is 0 Å². The first-order chi connectivity index (χ1) is 6.61. The van der Waals surface area contributed by atoms with Crippen LogP contribution in [-0.4, -0.2) is 9.67 Å². The zero-order valence-electron chi connectivity index (χ0n) is 8.23. The summed E-state index contributed by atoms with van der Waals surface area (Å²) in [4.78, 5) is 0.900. The third-order valence-corrected chi connectivity index (χ3v) is 2.78. The summed E-state index contributed by atoms with van der Waals surface area (Å²) >= 11 is 4.35. The van der Waals surface area contributed by atoms with Crippen LogP contribution in [0.1, 0.15) is 19.9 Å². The fraction of sp³-hybridized carbons (Fsp3) is 0.273. The van der Waals surface area contributed by atoms with Gasteiger partial charge in [-0.15, -0.1) is 12.6 Å². The van der Waals surface area contributed by atoms with Crippen LogP contribution in [0.2, 0.25) is 0 Å². The highest BCUT2D eigenvalue weighted by molar-refractivity contribution is 7.80. The minimum Gasteiger partial charge on any atom is -0.506 e. The number of hydrogen-bond acceptors (Lipinski definition) is 2.